The molecule has 0 radical (unpaired) electrons. The summed E-state index contributed by atoms with van der Waals surface area (Å²) in [6.07, 6.45) is -4.15. The molecule has 0 aromatic heterocycles. The first-order chi connectivity index (χ1) is 18.5. The van der Waals surface area contributed by atoms with Crippen LogP contribution in [0.15, 0.2) is 54.6 Å². The molecule has 4 aromatic rings. The van der Waals surface area contributed by atoms with E-state index < -0.39 is 40.8 Å². The number of hydrogen-bond donors (Lipinski definition) is 0. The monoisotopic (exact) mass is 552 g/mol. The van der Waals surface area contributed by atoms with Gasteiger partial charge in [0.15, 0.2) is 0 Å². The van der Waals surface area contributed by atoms with Gasteiger partial charge in [-0.1, -0.05) is 37.3 Å². The summed E-state index contributed by atoms with van der Waals surface area (Å²) in [6, 6.07) is 11.5. The second-order valence-electron chi connectivity index (χ2n) is 9.24. The van der Waals surface area contributed by atoms with Crippen molar-refractivity contribution in [2.75, 3.05) is 6.61 Å². The zero-order valence-electron chi connectivity index (χ0n) is 20.9. The van der Waals surface area contributed by atoms with Crippen molar-refractivity contribution in [3.8, 4) is 5.75 Å². The molecule has 39 heavy (non-hydrogen) atoms. The van der Waals surface area contributed by atoms with E-state index in [0.29, 0.717) is 37.0 Å². The highest BCUT2D eigenvalue weighted by Crippen LogP contribution is 2.34. The molecule has 0 heterocycles. The van der Waals surface area contributed by atoms with Gasteiger partial charge in [-0.3, -0.25) is 0 Å². The van der Waals surface area contributed by atoms with Crippen LogP contribution in [-0.2, 0) is 31.9 Å². The Balaban J connectivity index is 1.47. The van der Waals surface area contributed by atoms with Crippen LogP contribution in [-0.4, -0.2) is 6.61 Å². The van der Waals surface area contributed by atoms with E-state index in [0.717, 1.165) is 17.7 Å². The lowest BCUT2D eigenvalue weighted by molar-refractivity contribution is -0.142. The zero-order valence-corrected chi connectivity index (χ0v) is 20.9. The van der Waals surface area contributed by atoms with Crippen molar-refractivity contribution in [3.05, 3.63) is 112 Å². The average Bonchev–Trinajstić information content (AvgIpc) is 2.85. The minimum Gasteiger partial charge on any atom is -0.493 e. The molecule has 0 aliphatic carbocycles. The molecule has 0 saturated carbocycles. The molecular weight excluding hydrogens is 528 g/mol. The summed E-state index contributed by atoms with van der Waals surface area (Å²) in [5, 5.41) is 0.820. The number of rotatable bonds is 9. The van der Waals surface area contributed by atoms with E-state index in [1.54, 1.807) is 18.2 Å². The second-order valence-corrected chi connectivity index (χ2v) is 9.24. The van der Waals surface area contributed by atoms with E-state index in [-0.39, 0.29) is 47.1 Å². The third-order valence-electron chi connectivity index (χ3n) is 6.42. The summed E-state index contributed by atoms with van der Waals surface area (Å²) in [6.45, 7) is 2.23. The van der Waals surface area contributed by atoms with Crippen LogP contribution in [0.1, 0.15) is 41.2 Å². The summed E-state index contributed by atoms with van der Waals surface area (Å²) < 4.78 is 115. The first kappa shape index (κ1) is 28.4. The number of fused-ring (bicyclic) bond motifs is 1. The second kappa shape index (κ2) is 11.6. The van der Waals surface area contributed by atoms with Gasteiger partial charge in [-0.15, -0.1) is 0 Å². The molecule has 4 aromatic carbocycles. The van der Waals surface area contributed by atoms with Gasteiger partial charge in [0.05, 0.1) is 6.61 Å². The highest BCUT2D eigenvalue weighted by atomic mass is 19.4. The molecule has 0 bridgehead atoms. The largest absolute Gasteiger partial charge is 0.493 e. The van der Waals surface area contributed by atoms with Gasteiger partial charge in [0.1, 0.15) is 40.4 Å². The molecule has 0 unspecified atom stereocenters. The number of halogens is 8. The van der Waals surface area contributed by atoms with E-state index >= 15 is 4.39 Å². The molecule has 0 N–H and O–H groups in total. The van der Waals surface area contributed by atoms with Crippen LogP contribution >= 0.6 is 0 Å². The molecule has 1 nitrogen and oxygen atoms in total. The molecule has 0 aliphatic rings. The minimum atomic E-state index is -5.16. The molecular formula is C30H24F8O. The van der Waals surface area contributed by atoms with Crippen LogP contribution in [0.5, 0.6) is 5.75 Å². The van der Waals surface area contributed by atoms with E-state index in [1.807, 2.05) is 6.92 Å². The zero-order chi connectivity index (χ0) is 28.3. The van der Waals surface area contributed by atoms with Crippen molar-refractivity contribution < 1.29 is 39.9 Å². The predicted molar refractivity (Wildman–Crippen MR) is 132 cm³/mol. The van der Waals surface area contributed by atoms with Gasteiger partial charge in [0, 0.05) is 23.1 Å². The molecule has 4 rings (SSSR count). The molecule has 0 spiro atoms. The molecule has 0 fully saturated rings. The Morgan fingerprint density at radius 1 is 0.667 bits per heavy atom. The Hall–Kier alpha value is -3.62. The van der Waals surface area contributed by atoms with E-state index in [2.05, 4.69) is 0 Å². The Morgan fingerprint density at radius 2 is 1.31 bits per heavy atom. The quantitative estimate of drug-likeness (QED) is 0.189. The highest BCUT2D eigenvalue weighted by molar-refractivity contribution is 5.84. The van der Waals surface area contributed by atoms with Gasteiger partial charge >= 0.3 is 6.18 Å². The number of hydrogen-bond acceptors (Lipinski definition) is 1. The van der Waals surface area contributed by atoms with E-state index in [1.165, 1.54) is 12.1 Å². The van der Waals surface area contributed by atoms with Gasteiger partial charge in [-0.25, -0.2) is 22.0 Å². The summed E-state index contributed by atoms with van der Waals surface area (Å²) in [7, 11) is 0. The van der Waals surface area contributed by atoms with Gasteiger partial charge in [-0.05, 0) is 66.3 Å². The van der Waals surface area contributed by atoms with Gasteiger partial charge < -0.3 is 4.74 Å². The lowest BCUT2D eigenvalue weighted by atomic mass is 9.96. The van der Waals surface area contributed by atoms with Crippen molar-refractivity contribution in [2.24, 2.45) is 0 Å². The Kier molecular flexibility index (Phi) is 8.47. The molecule has 0 saturated heterocycles. The van der Waals surface area contributed by atoms with Crippen molar-refractivity contribution in [3.63, 3.8) is 0 Å². The summed E-state index contributed by atoms with van der Waals surface area (Å²) >= 11 is 0. The topological polar surface area (TPSA) is 9.23 Å². The fourth-order valence-electron chi connectivity index (χ4n) is 4.45. The first-order valence-electron chi connectivity index (χ1n) is 12.3. The van der Waals surface area contributed by atoms with Crippen LogP contribution in [0.25, 0.3) is 10.8 Å². The summed E-state index contributed by atoms with van der Waals surface area (Å²) in [5.41, 5.74) is -1.10. The van der Waals surface area contributed by atoms with Crippen LogP contribution < -0.4 is 4.74 Å². The number of aryl methyl sites for hydroxylation is 3. The number of benzene rings is 4. The molecule has 0 atom stereocenters. The third kappa shape index (κ3) is 6.52. The maximum absolute atomic E-state index is 15.2. The van der Waals surface area contributed by atoms with Gasteiger partial charge in [0.2, 0.25) is 0 Å². The highest BCUT2D eigenvalue weighted by Gasteiger charge is 2.37. The van der Waals surface area contributed by atoms with Crippen LogP contribution in [0, 0.1) is 29.1 Å². The van der Waals surface area contributed by atoms with Crippen molar-refractivity contribution in [1.29, 1.82) is 0 Å². The minimum absolute atomic E-state index is 0.00425. The Bertz CT molecular complexity index is 1450. The van der Waals surface area contributed by atoms with Crippen LogP contribution in [0.3, 0.4) is 0 Å². The van der Waals surface area contributed by atoms with Crippen LogP contribution in [0.2, 0.25) is 0 Å². The molecule has 206 valence electrons. The van der Waals surface area contributed by atoms with Crippen LogP contribution in [0.4, 0.5) is 35.1 Å². The predicted octanol–water partition coefficient (Wildman–Crippen LogP) is 8.91. The third-order valence-corrected chi connectivity index (χ3v) is 6.42. The maximum Gasteiger partial charge on any atom is 0.422 e. The maximum atomic E-state index is 15.2. The summed E-state index contributed by atoms with van der Waals surface area (Å²) in [5.74, 6) is -5.28. The smallest absolute Gasteiger partial charge is 0.422 e. The Morgan fingerprint density at radius 3 is 1.92 bits per heavy atom. The lowest BCUT2D eigenvalue weighted by Gasteiger charge is -2.12. The SMILES string of the molecule is CCCOc1cc(F)c(CCc2ccc3c(F)c(CCc4cc(F)c(C(F)(F)F)c(F)c4)ccc3c2)c(F)c1. The number of alkyl halides is 3. The normalized spacial score (nSPS) is 11.8. The fourth-order valence-corrected chi connectivity index (χ4v) is 4.45. The Labute approximate surface area is 220 Å². The van der Waals surface area contributed by atoms with E-state index in [4.69, 9.17) is 4.74 Å². The van der Waals surface area contributed by atoms with Crippen molar-refractivity contribution in [1.82, 2.24) is 0 Å². The summed E-state index contributed by atoms with van der Waals surface area (Å²) in [4.78, 5) is 0. The molecule has 0 aliphatic heterocycles. The fraction of sp³-hybridized carbons (Fsp3) is 0.267. The first-order valence-corrected chi connectivity index (χ1v) is 12.3. The van der Waals surface area contributed by atoms with Gasteiger partial charge in [-0.2, -0.15) is 13.2 Å². The van der Waals surface area contributed by atoms with Crippen molar-refractivity contribution >= 4 is 10.8 Å². The lowest BCUT2D eigenvalue weighted by Crippen LogP contribution is -2.12. The van der Waals surface area contributed by atoms with Crippen molar-refractivity contribution in [2.45, 2.75) is 45.2 Å². The number of ether oxygens (including phenoxy) is 1. The van der Waals surface area contributed by atoms with Gasteiger partial charge in [0.25, 0.3) is 0 Å². The van der Waals surface area contributed by atoms with E-state index in [9.17, 15) is 30.7 Å². The standard InChI is InChI=1S/C30H24F8O/c1-2-11-39-21-15-24(31)23(25(32)16-21)10-5-17-4-9-22-20(12-17)8-7-19(29(22)35)6-3-18-13-26(33)28(27(34)14-18)30(36,37)38/h4,7-9,12-16H,2-3,5-6,10-11H2,1H3. The average molecular weight is 553 g/mol. The molecule has 0 amide bonds. The molecule has 9 heteroatoms.